The second-order valence-electron chi connectivity index (χ2n) is 6.00. The van der Waals surface area contributed by atoms with Gasteiger partial charge in [-0.15, -0.1) is 0 Å². The number of methoxy groups -OCH3 is 1. The van der Waals surface area contributed by atoms with Gasteiger partial charge in [-0.2, -0.15) is 0 Å². The number of nitrogens with one attached hydrogen (secondary N) is 1. The fourth-order valence-corrected chi connectivity index (χ4v) is 2.90. The van der Waals surface area contributed by atoms with Gasteiger partial charge in [0.25, 0.3) is 0 Å². The highest BCUT2D eigenvalue weighted by Gasteiger charge is 2.19. The number of hydrogen-bond donors (Lipinski definition) is 1. The van der Waals surface area contributed by atoms with Crippen LogP contribution >= 0.6 is 0 Å². The molecule has 1 saturated heterocycles. The van der Waals surface area contributed by atoms with Crippen molar-refractivity contribution in [3.63, 3.8) is 0 Å². The Bertz CT molecular complexity index is 399. The molecule has 1 aliphatic heterocycles. The monoisotopic (exact) mass is 291 g/mol. The normalized spacial score (nSPS) is 18.0. The average Bonchev–Trinajstić information content (AvgIpc) is 2.54. The molecule has 21 heavy (non-hydrogen) atoms. The Morgan fingerprint density at radius 2 is 2.14 bits per heavy atom. The number of nitrogens with zero attached hydrogens (tertiary/aromatic N) is 2. The van der Waals surface area contributed by atoms with Crippen LogP contribution < -0.4 is 10.2 Å². The first-order valence-electron chi connectivity index (χ1n) is 8.17. The van der Waals surface area contributed by atoms with Crippen molar-refractivity contribution in [2.45, 2.75) is 39.2 Å². The van der Waals surface area contributed by atoms with Crippen LogP contribution in [0.4, 0.5) is 5.69 Å². The first kappa shape index (κ1) is 16.2. The number of anilines is 1. The molecular weight excluding hydrogens is 262 g/mol. The molecule has 1 unspecified atom stereocenters. The van der Waals surface area contributed by atoms with Gasteiger partial charge in [-0.05, 0) is 50.8 Å². The van der Waals surface area contributed by atoms with E-state index < -0.39 is 0 Å². The molecule has 1 N–H and O–H groups in total. The van der Waals surface area contributed by atoms with Crippen molar-refractivity contribution in [1.29, 1.82) is 0 Å². The zero-order chi connectivity index (χ0) is 15.1. The largest absolute Gasteiger partial charge is 0.384 e. The lowest BCUT2D eigenvalue weighted by atomic mass is 9.97. The molecule has 1 aromatic rings. The van der Waals surface area contributed by atoms with Crippen LogP contribution in [0.2, 0.25) is 0 Å². The summed E-state index contributed by atoms with van der Waals surface area (Å²) in [6, 6.07) is 4.69. The topological polar surface area (TPSA) is 37.4 Å². The Morgan fingerprint density at radius 1 is 1.38 bits per heavy atom. The molecule has 1 aromatic heterocycles. The summed E-state index contributed by atoms with van der Waals surface area (Å²) >= 11 is 0. The van der Waals surface area contributed by atoms with Crippen LogP contribution in [-0.4, -0.2) is 38.3 Å². The average molecular weight is 291 g/mol. The van der Waals surface area contributed by atoms with Crippen LogP contribution in [0.15, 0.2) is 18.3 Å². The minimum absolute atomic E-state index is 0.325. The number of aromatic nitrogens is 1. The van der Waals surface area contributed by atoms with E-state index in [9.17, 15) is 0 Å². The van der Waals surface area contributed by atoms with Crippen LogP contribution in [0, 0.1) is 5.92 Å². The molecule has 1 aliphatic rings. The zero-order valence-corrected chi connectivity index (χ0v) is 13.6. The van der Waals surface area contributed by atoms with Gasteiger partial charge in [-0.3, -0.25) is 4.98 Å². The zero-order valence-electron chi connectivity index (χ0n) is 13.6. The number of rotatable bonds is 7. The predicted octanol–water partition coefficient (Wildman–Crippen LogP) is 3.01. The Labute approximate surface area is 128 Å². The Hall–Kier alpha value is -1.13. The van der Waals surface area contributed by atoms with Gasteiger partial charge in [-0.25, -0.2) is 0 Å². The van der Waals surface area contributed by atoms with E-state index in [1.807, 2.05) is 6.20 Å². The number of ether oxygens (including phenoxy) is 1. The molecule has 4 nitrogen and oxygen atoms in total. The molecule has 0 bridgehead atoms. The third kappa shape index (κ3) is 4.68. The highest BCUT2D eigenvalue weighted by Crippen LogP contribution is 2.23. The summed E-state index contributed by atoms with van der Waals surface area (Å²) in [7, 11) is 1.79. The molecule has 0 radical (unpaired) electrons. The summed E-state index contributed by atoms with van der Waals surface area (Å²) in [6.07, 6.45) is 5.60. The van der Waals surface area contributed by atoms with Gasteiger partial charge in [-0.1, -0.05) is 6.92 Å². The van der Waals surface area contributed by atoms with Crippen molar-refractivity contribution in [1.82, 2.24) is 10.3 Å². The summed E-state index contributed by atoms with van der Waals surface area (Å²) in [6.45, 7) is 8.51. The fourth-order valence-electron chi connectivity index (χ4n) is 2.90. The summed E-state index contributed by atoms with van der Waals surface area (Å²) < 4.78 is 5.26. The molecule has 0 amide bonds. The fraction of sp³-hybridized carbons (Fsp3) is 0.706. The minimum atomic E-state index is 0.325. The lowest BCUT2D eigenvalue weighted by Crippen LogP contribution is -2.35. The molecule has 0 spiro atoms. The van der Waals surface area contributed by atoms with Crippen LogP contribution in [0.5, 0.6) is 0 Å². The van der Waals surface area contributed by atoms with E-state index in [1.165, 1.54) is 18.5 Å². The smallest absolute Gasteiger partial charge is 0.0572 e. The Kier molecular flexibility index (Phi) is 6.46. The molecule has 1 atom stereocenters. The van der Waals surface area contributed by atoms with E-state index in [2.05, 4.69) is 41.2 Å². The van der Waals surface area contributed by atoms with Crippen molar-refractivity contribution in [3.8, 4) is 0 Å². The van der Waals surface area contributed by atoms with Gasteiger partial charge in [0.1, 0.15) is 0 Å². The molecule has 0 aliphatic carbocycles. The maximum atomic E-state index is 5.26. The lowest BCUT2D eigenvalue weighted by molar-refractivity contribution is 0.139. The molecule has 0 aromatic carbocycles. The maximum Gasteiger partial charge on any atom is 0.0572 e. The van der Waals surface area contributed by atoms with Crippen LogP contribution in [-0.2, 0) is 4.74 Å². The van der Waals surface area contributed by atoms with Gasteiger partial charge in [0.2, 0.25) is 0 Å². The first-order valence-corrected chi connectivity index (χ1v) is 8.17. The summed E-state index contributed by atoms with van der Waals surface area (Å²) in [5, 5.41) is 3.48. The van der Waals surface area contributed by atoms with Crippen LogP contribution in [0.1, 0.15) is 44.8 Å². The van der Waals surface area contributed by atoms with E-state index >= 15 is 0 Å². The Morgan fingerprint density at radius 3 is 2.71 bits per heavy atom. The van der Waals surface area contributed by atoms with Crippen molar-refractivity contribution >= 4 is 5.69 Å². The SMILES string of the molecule is CCCNC(C)c1ccc(N2CCC(COC)CC2)cn1. The summed E-state index contributed by atoms with van der Waals surface area (Å²) in [4.78, 5) is 7.07. The molecule has 0 saturated carbocycles. The third-order valence-electron chi connectivity index (χ3n) is 4.30. The van der Waals surface area contributed by atoms with Gasteiger partial charge < -0.3 is 15.0 Å². The molecule has 4 heteroatoms. The summed E-state index contributed by atoms with van der Waals surface area (Å²) in [5.41, 5.74) is 2.37. The van der Waals surface area contributed by atoms with Crippen molar-refractivity contribution < 1.29 is 4.74 Å². The quantitative estimate of drug-likeness (QED) is 0.838. The van der Waals surface area contributed by atoms with E-state index in [4.69, 9.17) is 4.74 Å². The van der Waals surface area contributed by atoms with E-state index in [0.717, 1.165) is 44.3 Å². The number of pyridine rings is 1. The summed E-state index contributed by atoms with van der Waals surface area (Å²) in [5.74, 6) is 0.719. The second kappa shape index (κ2) is 8.35. The molecule has 118 valence electrons. The third-order valence-corrected chi connectivity index (χ3v) is 4.30. The van der Waals surface area contributed by atoms with E-state index in [-0.39, 0.29) is 0 Å². The highest BCUT2D eigenvalue weighted by atomic mass is 16.5. The highest BCUT2D eigenvalue weighted by molar-refractivity contribution is 5.45. The lowest BCUT2D eigenvalue weighted by Gasteiger charge is -2.33. The second-order valence-corrected chi connectivity index (χ2v) is 6.00. The molecule has 1 fully saturated rings. The number of piperidine rings is 1. The number of hydrogen-bond acceptors (Lipinski definition) is 4. The predicted molar refractivity (Wildman–Crippen MR) is 87.8 cm³/mol. The minimum Gasteiger partial charge on any atom is -0.384 e. The van der Waals surface area contributed by atoms with E-state index in [0.29, 0.717) is 6.04 Å². The standard InChI is InChI=1S/C17H29N3O/c1-4-9-18-14(2)17-6-5-16(12-19-17)20-10-7-15(8-11-20)13-21-3/h5-6,12,14-15,18H,4,7-11,13H2,1-3H3. The molecule has 2 rings (SSSR count). The van der Waals surface area contributed by atoms with Gasteiger partial charge >= 0.3 is 0 Å². The van der Waals surface area contributed by atoms with Crippen LogP contribution in [0.3, 0.4) is 0 Å². The maximum absolute atomic E-state index is 5.26. The van der Waals surface area contributed by atoms with Crippen molar-refractivity contribution in [2.24, 2.45) is 5.92 Å². The molecule has 2 heterocycles. The van der Waals surface area contributed by atoms with Gasteiger partial charge in [0, 0.05) is 32.8 Å². The van der Waals surface area contributed by atoms with Crippen molar-refractivity contribution in [2.75, 3.05) is 38.3 Å². The van der Waals surface area contributed by atoms with Gasteiger partial charge in [0.15, 0.2) is 0 Å². The molecular formula is C17H29N3O. The van der Waals surface area contributed by atoms with Crippen molar-refractivity contribution in [3.05, 3.63) is 24.0 Å². The van der Waals surface area contributed by atoms with Crippen LogP contribution in [0.25, 0.3) is 0 Å². The van der Waals surface area contributed by atoms with Gasteiger partial charge in [0.05, 0.1) is 17.6 Å². The first-order chi connectivity index (χ1) is 10.2. The Balaban J connectivity index is 1.88. The van der Waals surface area contributed by atoms with E-state index in [1.54, 1.807) is 7.11 Å².